The quantitative estimate of drug-likeness (QED) is 0.551. The predicted molar refractivity (Wildman–Crippen MR) is 120 cm³/mol. The lowest BCUT2D eigenvalue weighted by atomic mass is 10.1. The number of hydrogen-bond acceptors (Lipinski definition) is 4. The molecule has 1 aromatic carbocycles. The average Bonchev–Trinajstić information content (AvgIpc) is 3.02. The molecule has 0 atom stereocenters. The Morgan fingerprint density at radius 3 is 2.43 bits per heavy atom. The number of aliphatic imine (C=N–C) groups is 1. The Morgan fingerprint density at radius 2 is 1.77 bits per heavy atom. The molecule has 0 aromatic heterocycles. The van der Waals surface area contributed by atoms with Crippen molar-refractivity contribution in [3.8, 4) is 0 Å². The molecule has 0 aliphatic carbocycles. The van der Waals surface area contributed by atoms with Gasteiger partial charge in [0.15, 0.2) is 5.96 Å². The third kappa shape index (κ3) is 6.90. The van der Waals surface area contributed by atoms with Crippen LogP contribution < -0.4 is 11.1 Å². The van der Waals surface area contributed by atoms with E-state index in [0.717, 1.165) is 19.4 Å². The van der Waals surface area contributed by atoms with Crippen molar-refractivity contribution in [2.75, 3.05) is 32.8 Å². The van der Waals surface area contributed by atoms with Crippen LogP contribution in [0.2, 0.25) is 0 Å². The molecule has 7 heteroatoms. The highest BCUT2D eigenvalue weighted by molar-refractivity contribution is 5.78. The smallest absolute Gasteiger partial charge is 0.409 e. The zero-order valence-corrected chi connectivity index (χ0v) is 18.3. The number of nitrogens with zero attached hydrogens (tertiary/aromatic N) is 3. The number of ether oxygens (including phenoxy) is 1. The van der Waals surface area contributed by atoms with Crippen LogP contribution in [0.25, 0.3) is 0 Å². The van der Waals surface area contributed by atoms with E-state index in [2.05, 4.69) is 39.5 Å². The zero-order chi connectivity index (χ0) is 21.2. The number of rotatable bonds is 6. The lowest BCUT2D eigenvalue weighted by Crippen LogP contribution is -2.48. The van der Waals surface area contributed by atoms with Crippen molar-refractivity contribution in [1.29, 1.82) is 0 Å². The van der Waals surface area contributed by atoms with Crippen LogP contribution >= 0.6 is 0 Å². The van der Waals surface area contributed by atoms with Crippen LogP contribution in [-0.4, -0.2) is 60.7 Å². The van der Waals surface area contributed by atoms with Gasteiger partial charge in [0, 0.05) is 25.7 Å². The largest absolute Gasteiger partial charge is 0.450 e. The molecule has 0 radical (unpaired) electrons. The summed E-state index contributed by atoms with van der Waals surface area (Å²) < 4.78 is 5.07. The first-order chi connectivity index (χ1) is 14.7. The Balaban J connectivity index is 1.49. The minimum atomic E-state index is -0.224. The summed E-state index contributed by atoms with van der Waals surface area (Å²) >= 11 is 0. The van der Waals surface area contributed by atoms with Crippen molar-refractivity contribution in [1.82, 2.24) is 15.1 Å². The second-order valence-corrected chi connectivity index (χ2v) is 8.27. The van der Waals surface area contributed by atoms with Gasteiger partial charge in [0.05, 0.1) is 13.2 Å². The molecule has 30 heavy (non-hydrogen) atoms. The topological polar surface area (TPSA) is 83.2 Å². The standard InChI is InChI=1S/C23H37N5O2/c1-2-30-23(29)28-15-11-21(12-16-28)26-22(24)25-17-19-9-5-6-10-20(19)18-27-13-7-3-4-8-14-27/h5-6,9-10,21H,2-4,7-8,11-18H2,1H3,(H3,24,25,26). The van der Waals surface area contributed by atoms with E-state index >= 15 is 0 Å². The van der Waals surface area contributed by atoms with Crippen LogP contribution in [0.15, 0.2) is 29.3 Å². The van der Waals surface area contributed by atoms with E-state index in [1.165, 1.54) is 49.9 Å². The molecule has 0 spiro atoms. The monoisotopic (exact) mass is 415 g/mol. The highest BCUT2D eigenvalue weighted by Gasteiger charge is 2.23. The minimum Gasteiger partial charge on any atom is -0.450 e. The maximum atomic E-state index is 11.8. The Bertz CT molecular complexity index is 693. The first-order valence-corrected chi connectivity index (χ1v) is 11.4. The summed E-state index contributed by atoms with van der Waals surface area (Å²) in [5.74, 6) is 0.481. The predicted octanol–water partition coefficient (Wildman–Crippen LogP) is 3.09. The molecule has 0 bridgehead atoms. The summed E-state index contributed by atoms with van der Waals surface area (Å²) in [6.45, 7) is 7.56. The number of carbonyl (C=O) groups excluding carboxylic acids is 1. The molecule has 7 nitrogen and oxygen atoms in total. The molecule has 166 valence electrons. The number of likely N-dealkylation sites (tertiary alicyclic amines) is 2. The number of guanidine groups is 1. The number of piperidine rings is 1. The van der Waals surface area contributed by atoms with Crippen LogP contribution in [0.3, 0.4) is 0 Å². The molecule has 0 unspecified atom stereocenters. The van der Waals surface area contributed by atoms with E-state index in [1.54, 1.807) is 4.90 Å². The van der Waals surface area contributed by atoms with Crippen LogP contribution in [-0.2, 0) is 17.8 Å². The second kappa shape index (κ2) is 11.8. The van der Waals surface area contributed by atoms with Crippen molar-refractivity contribution in [2.45, 2.75) is 64.6 Å². The number of amides is 1. The van der Waals surface area contributed by atoms with E-state index in [0.29, 0.717) is 32.2 Å². The summed E-state index contributed by atoms with van der Waals surface area (Å²) in [6, 6.07) is 8.79. The summed E-state index contributed by atoms with van der Waals surface area (Å²) in [4.78, 5) is 20.7. The lowest BCUT2D eigenvalue weighted by Gasteiger charge is -2.31. The highest BCUT2D eigenvalue weighted by Crippen LogP contribution is 2.17. The van der Waals surface area contributed by atoms with Crippen molar-refractivity contribution >= 4 is 12.1 Å². The summed E-state index contributed by atoms with van der Waals surface area (Å²) in [5, 5.41) is 3.33. The van der Waals surface area contributed by atoms with E-state index in [1.807, 2.05) is 6.92 Å². The van der Waals surface area contributed by atoms with E-state index in [4.69, 9.17) is 10.5 Å². The fourth-order valence-electron chi connectivity index (χ4n) is 4.25. The molecular weight excluding hydrogens is 378 g/mol. The normalized spacial score (nSPS) is 19.4. The maximum Gasteiger partial charge on any atom is 0.409 e. The Kier molecular flexibility index (Phi) is 8.81. The summed E-state index contributed by atoms with van der Waals surface area (Å²) in [6.07, 6.45) is 6.77. The average molecular weight is 416 g/mol. The molecule has 2 heterocycles. The Labute approximate surface area is 180 Å². The van der Waals surface area contributed by atoms with Gasteiger partial charge in [0.25, 0.3) is 0 Å². The van der Waals surface area contributed by atoms with Crippen LogP contribution in [0.1, 0.15) is 56.6 Å². The van der Waals surface area contributed by atoms with Gasteiger partial charge in [-0.2, -0.15) is 0 Å². The number of nitrogens with one attached hydrogen (secondary N) is 1. The lowest BCUT2D eigenvalue weighted by molar-refractivity contribution is 0.0963. The minimum absolute atomic E-state index is 0.224. The number of carbonyl (C=O) groups is 1. The van der Waals surface area contributed by atoms with Gasteiger partial charge >= 0.3 is 6.09 Å². The van der Waals surface area contributed by atoms with Crippen LogP contribution in [0.4, 0.5) is 4.79 Å². The van der Waals surface area contributed by atoms with Crippen molar-refractivity contribution in [3.63, 3.8) is 0 Å². The molecule has 2 fully saturated rings. The number of nitrogens with two attached hydrogens (primary N) is 1. The molecular formula is C23H37N5O2. The highest BCUT2D eigenvalue weighted by atomic mass is 16.6. The van der Waals surface area contributed by atoms with Gasteiger partial charge in [0.1, 0.15) is 0 Å². The van der Waals surface area contributed by atoms with Gasteiger partial charge in [-0.15, -0.1) is 0 Å². The molecule has 2 aliphatic heterocycles. The van der Waals surface area contributed by atoms with Crippen molar-refractivity contribution < 1.29 is 9.53 Å². The zero-order valence-electron chi connectivity index (χ0n) is 18.3. The molecule has 2 saturated heterocycles. The van der Waals surface area contributed by atoms with Crippen LogP contribution in [0.5, 0.6) is 0 Å². The van der Waals surface area contributed by atoms with Gasteiger partial charge < -0.3 is 20.7 Å². The van der Waals surface area contributed by atoms with E-state index in [9.17, 15) is 4.79 Å². The number of hydrogen-bond donors (Lipinski definition) is 2. The fourth-order valence-corrected chi connectivity index (χ4v) is 4.25. The summed E-state index contributed by atoms with van der Waals surface area (Å²) in [5.41, 5.74) is 8.76. The Hall–Kier alpha value is -2.28. The molecule has 1 amide bonds. The van der Waals surface area contributed by atoms with Crippen molar-refractivity contribution in [3.05, 3.63) is 35.4 Å². The maximum absolute atomic E-state index is 11.8. The van der Waals surface area contributed by atoms with Gasteiger partial charge in [0.2, 0.25) is 0 Å². The third-order valence-corrected chi connectivity index (χ3v) is 6.00. The van der Waals surface area contributed by atoms with Gasteiger partial charge in [-0.3, -0.25) is 4.90 Å². The SMILES string of the molecule is CCOC(=O)N1CCC(NC(N)=NCc2ccccc2CN2CCCCCC2)CC1. The van der Waals surface area contributed by atoms with E-state index in [-0.39, 0.29) is 12.1 Å². The fraction of sp³-hybridized carbons (Fsp3) is 0.652. The molecule has 3 rings (SSSR count). The molecule has 0 saturated carbocycles. The van der Waals surface area contributed by atoms with Gasteiger partial charge in [-0.25, -0.2) is 9.79 Å². The number of benzene rings is 1. The summed E-state index contributed by atoms with van der Waals surface area (Å²) in [7, 11) is 0. The Morgan fingerprint density at radius 1 is 1.10 bits per heavy atom. The first-order valence-electron chi connectivity index (χ1n) is 11.4. The van der Waals surface area contributed by atoms with Gasteiger partial charge in [-0.1, -0.05) is 37.1 Å². The van der Waals surface area contributed by atoms with Gasteiger partial charge in [-0.05, 0) is 56.8 Å². The first kappa shape index (κ1) is 22.4. The van der Waals surface area contributed by atoms with E-state index < -0.39 is 0 Å². The molecule has 1 aromatic rings. The second-order valence-electron chi connectivity index (χ2n) is 8.27. The van der Waals surface area contributed by atoms with Crippen molar-refractivity contribution in [2.24, 2.45) is 10.7 Å². The molecule has 2 aliphatic rings. The third-order valence-electron chi connectivity index (χ3n) is 6.00. The molecule has 3 N–H and O–H groups in total. The van der Waals surface area contributed by atoms with Crippen LogP contribution in [0, 0.1) is 0 Å².